The average Bonchev–Trinajstić information content (AvgIpc) is 3.94. The molecule has 12 atom stereocenters. The zero-order valence-electron chi connectivity index (χ0n) is 42.8. The number of alkyl carbamates (subject to hydrolysis) is 1. The van der Waals surface area contributed by atoms with Gasteiger partial charge in [0.25, 0.3) is 0 Å². The summed E-state index contributed by atoms with van der Waals surface area (Å²) in [6.07, 6.45) is -3.30. The molecule has 1 aromatic carbocycles. The number of aromatic nitrogens is 1. The van der Waals surface area contributed by atoms with Crippen LogP contribution in [0.15, 0.2) is 71.1 Å². The van der Waals surface area contributed by atoms with Crippen LogP contribution in [-0.2, 0) is 47.2 Å². The van der Waals surface area contributed by atoms with Crippen LogP contribution in [0.4, 0.5) is 4.79 Å². The van der Waals surface area contributed by atoms with Crippen LogP contribution in [-0.4, -0.2) is 109 Å². The van der Waals surface area contributed by atoms with E-state index in [1.54, 1.807) is 57.2 Å². The molecule has 3 aliphatic carbocycles. The Kier molecular flexibility index (Phi) is 14.4. The minimum atomic E-state index is -3.01. The second-order valence-electron chi connectivity index (χ2n) is 22.4. The van der Waals surface area contributed by atoms with Gasteiger partial charge in [-0.25, -0.2) is 19.4 Å². The Balaban J connectivity index is 1.44. The number of carbonyl (C=O) groups excluding carboxylic acids is 4. The standard InChI is InChI=1S/C52H74N2O14Si/c1-16-37-63-40-38-31(8)34(62-46(57)41(68-69(28(2)3,29(4)5)30(6)7)39(35-25-53-27-61-35)54-47(58)67-48(10,11)12)24-52(59,49(38,13)14)44(65-45(56)33-20-18-17-19-21-33)42-50(15,43(40)64-37)23-22-36-51(42,26-60-36)66-32(9)55/h16-21,25,27-30,34,36-37,39-44,59H,1,22-24,26H2,2-15H3,(H,54,58)/t34-,36+,37+,39-,40+,41+,42-,43+,44-,50+,51-,52+/m0/s1. The second kappa shape index (κ2) is 19.0. The van der Waals surface area contributed by atoms with Crippen LogP contribution in [0.5, 0.6) is 0 Å². The van der Waals surface area contributed by atoms with E-state index in [4.69, 9.17) is 42.0 Å². The first-order chi connectivity index (χ1) is 32.2. The summed E-state index contributed by atoms with van der Waals surface area (Å²) in [5, 5.41) is 17.0. The van der Waals surface area contributed by atoms with Gasteiger partial charge in [0.1, 0.15) is 47.4 Å². The molecule has 3 heterocycles. The van der Waals surface area contributed by atoms with E-state index < -0.39 is 115 Å². The Bertz CT molecular complexity index is 2250. The van der Waals surface area contributed by atoms with Crippen molar-refractivity contribution in [2.24, 2.45) is 16.7 Å². The zero-order valence-corrected chi connectivity index (χ0v) is 43.8. The van der Waals surface area contributed by atoms with Gasteiger partial charge in [-0.05, 0) is 86.5 Å². The fraction of sp³-hybridized carbons (Fsp3) is 0.673. The van der Waals surface area contributed by atoms with Gasteiger partial charge in [0.15, 0.2) is 24.4 Å². The van der Waals surface area contributed by atoms with Crippen LogP contribution in [0.3, 0.4) is 0 Å². The molecule has 5 aliphatic rings. The van der Waals surface area contributed by atoms with Crippen molar-refractivity contribution in [1.29, 1.82) is 0 Å². The third kappa shape index (κ3) is 9.02. The predicted molar refractivity (Wildman–Crippen MR) is 255 cm³/mol. The first kappa shape index (κ1) is 52.4. The molecule has 7 rings (SSSR count). The van der Waals surface area contributed by atoms with Gasteiger partial charge in [-0.1, -0.05) is 87.1 Å². The number of rotatable bonds is 14. The highest BCUT2D eigenvalue weighted by atomic mass is 28.4. The summed E-state index contributed by atoms with van der Waals surface area (Å²) >= 11 is 0. The third-order valence-electron chi connectivity index (χ3n) is 16.0. The molecule has 1 aromatic heterocycles. The Morgan fingerprint density at radius 3 is 2.17 bits per heavy atom. The van der Waals surface area contributed by atoms with Crippen molar-refractivity contribution in [2.45, 2.75) is 199 Å². The summed E-state index contributed by atoms with van der Waals surface area (Å²) in [5.74, 6) is -2.97. The van der Waals surface area contributed by atoms with Gasteiger partial charge in [0.05, 0.1) is 30.4 Å². The normalized spacial score (nSPS) is 32.6. The maximum absolute atomic E-state index is 15.7. The van der Waals surface area contributed by atoms with Gasteiger partial charge in [-0.3, -0.25) is 4.79 Å². The summed E-state index contributed by atoms with van der Waals surface area (Å²) in [5.41, 5.74) is -5.27. The molecule has 69 heavy (non-hydrogen) atoms. The van der Waals surface area contributed by atoms with E-state index in [1.165, 1.54) is 19.5 Å². The van der Waals surface area contributed by atoms with Crippen LogP contribution < -0.4 is 5.32 Å². The predicted octanol–water partition coefficient (Wildman–Crippen LogP) is 8.84. The number of ether oxygens (including phenoxy) is 7. The molecule has 2 saturated carbocycles. The van der Waals surface area contributed by atoms with E-state index >= 15 is 4.79 Å². The fourth-order valence-electron chi connectivity index (χ4n) is 13.0. The molecule has 380 valence electrons. The van der Waals surface area contributed by atoms with Gasteiger partial charge in [-0.15, -0.1) is 0 Å². The lowest BCUT2D eigenvalue weighted by molar-refractivity contribution is -0.345. The Labute approximate surface area is 407 Å². The molecule has 2 aliphatic heterocycles. The number of nitrogens with one attached hydrogen (secondary N) is 1. The largest absolute Gasteiger partial charge is 0.456 e. The van der Waals surface area contributed by atoms with Crippen molar-refractivity contribution < 1.29 is 66.3 Å². The smallest absolute Gasteiger partial charge is 0.408 e. The molecular weight excluding hydrogens is 905 g/mol. The maximum Gasteiger partial charge on any atom is 0.408 e. The number of aliphatic hydroxyl groups is 1. The van der Waals surface area contributed by atoms with Crippen LogP contribution in [0, 0.1) is 16.7 Å². The van der Waals surface area contributed by atoms with Crippen LogP contribution in [0.25, 0.3) is 0 Å². The zero-order chi connectivity index (χ0) is 50.8. The molecule has 2 aromatic rings. The van der Waals surface area contributed by atoms with Crippen LogP contribution in [0.2, 0.25) is 16.6 Å². The lowest BCUT2D eigenvalue weighted by Crippen LogP contribution is -2.79. The number of fused-ring (bicyclic) bond motifs is 8. The molecule has 0 unspecified atom stereocenters. The Morgan fingerprint density at radius 2 is 1.64 bits per heavy atom. The number of nitrogens with zero attached hydrogens (tertiary/aromatic N) is 1. The van der Waals surface area contributed by atoms with E-state index in [9.17, 15) is 19.5 Å². The lowest BCUT2D eigenvalue weighted by atomic mass is 9.45. The number of hydrogen-bond donors (Lipinski definition) is 2. The third-order valence-corrected chi connectivity index (χ3v) is 22.0. The number of hydrogen-bond acceptors (Lipinski definition) is 15. The van der Waals surface area contributed by atoms with Gasteiger partial charge in [-0.2, -0.15) is 0 Å². The van der Waals surface area contributed by atoms with Gasteiger partial charge < -0.3 is 52.4 Å². The summed E-state index contributed by atoms with van der Waals surface area (Å²) in [4.78, 5) is 61.4. The summed E-state index contributed by atoms with van der Waals surface area (Å²) < 4.78 is 58.6. The second-order valence-corrected chi connectivity index (χ2v) is 27.8. The van der Waals surface area contributed by atoms with Gasteiger partial charge >= 0.3 is 24.0 Å². The van der Waals surface area contributed by atoms with Crippen molar-refractivity contribution in [3.05, 3.63) is 78.0 Å². The average molecular weight is 979 g/mol. The van der Waals surface area contributed by atoms with E-state index in [2.05, 4.69) is 58.4 Å². The van der Waals surface area contributed by atoms with Crippen molar-refractivity contribution >= 4 is 32.3 Å². The van der Waals surface area contributed by atoms with Crippen molar-refractivity contribution in [2.75, 3.05) is 6.61 Å². The van der Waals surface area contributed by atoms with Gasteiger partial charge in [0, 0.05) is 24.2 Å². The van der Waals surface area contributed by atoms with E-state index in [1.807, 2.05) is 27.7 Å². The van der Waals surface area contributed by atoms with Gasteiger partial charge in [0.2, 0.25) is 8.32 Å². The quantitative estimate of drug-likeness (QED) is 0.0787. The maximum atomic E-state index is 15.7. The Morgan fingerprint density at radius 1 is 0.986 bits per heavy atom. The van der Waals surface area contributed by atoms with Crippen LogP contribution >= 0.6 is 0 Å². The molecule has 2 bridgehead atoms. The molecule has 2 saturated heterocycles. The van der Waals surface area contributed by atoms with E-state index in [0.29, 0.717) is 24.0 Å². The first-order valence-corrected chi connectivity index (χ1v) is 26.5. The molecule has 0 radical (unpaired) electrons. The monoisotopic (exact) mass is 978 g/mol. The molecule has 17 heteroatoms. The highest BCUT2D eigenvalue weighted by Crippen LogP contribution is 2.67. The summed E-state index contributed by atoms with van der Waals surface area (Å²) in [7, 11) is -3.01. The van der Waals surface area contributed by atoms with E-state index in [0.717, 1.165) is 0 Å². The molecule has 2 N–H and O–H groups in total. The van der Waals surface area contributed by atoms with Crippen molar-refractivity contribution in [3.8, 4) is 0 Å². The first-order valence-electron chi connectivity index (χ1n) is 24.4. The summed E-state index contributed by atoms with van der Waals surface area (Å²) in [6.45, 7) is 30.5. The van der Waals surface area contributed by atoms with Crippen molar-refractivity contribution in [1.82, 2.24) is 10.3 Å². The molecule has 0 spiro atoms. The number of benzene rings is 1. The highest BCUT2D eigenvalue weighted by Gasteiger charge is 2.77. The number of carbonyl (C=O) groups is 4. The van der Waals surface area contributed by atoms with Crippen LogP contribution in [0.1, 0.15) is 138 Å². The highest BCUT2D eigenvalue weighted by molar-refractivity contribution is 6.77. The minimum absolute atomic E-state index is 0.0145. The van der Waals surface area contributed by atoms with E-state index in [-0.39, 0.29) is 41.0 Å². The fourth-order valence-corrected chi connectivity index (χ4v) is 18.4. The molecule has 4 fully saturated rings. The number of amides is 1. The topological polar surface area (TPSA) is 200 Å². The minimum Gasteiger partial charge on any atom is -0.456 e. The molecular formula is C52H74N2O14Si. The van der Waals surface area contributed by atoms with Crippen molar-refractivity contribution in [3.63, 3.8) is 0 Å². The molecule has 1 amide bonds. The number of oxazole rings is 1. The summed E-state index contributed by atoms with van der Waals surface area (Å²) in [6, 6.07) is 7.19. The SMILES string of the molecule is C=C[C@@H]1O[C@@H]2C3=C(C)[C@@H](OC(=O)[C@H](O[Si](C(C)C)(C(C)C)C(C)C)[C@@H](NC(=O)OC(C)(C)C)c4cnco4)C[C@@](O)([C@@H](OC(=O)c4ccccc4)[C@H]4[C@@](C)(CC[C@H]5OC[C@]54OC(C)=O)[C@@H]2O1)C3(C)C. The number of esters is 3. The Hall–Kier alpha value is -4.39. The molecule has 16 nitrogen and oxygen atoms in total. The lowest BCUT2D eigenvalue weighted by Gasteiger charge is -2.68.